The second kappa shape index (κ2) is 5.50. The Morgan fingerprint density at radius 1 is 0.944 bits per heavy atom. The molecule has 0 bridgehead atoms. The summed E-state index contributed by atoms with van der Waals surface area (Å²) in [6.45, 7) is 0. The maximum Gasteiger partial charge on any atom is 0.169 e. The van der Waals surface area contributed by atoms with E-state index < -0.39 is 0 Å². The zero-order valence-electron chi connectivity index (χ0n) is 11.2. The maximum atomic E-state index is 2.18. The van der Waals surface area contributed by atoms with E-state index in [2.05, 4.69) is 79.9 Å². The molecule has 2 aromatic rings. The van der Waals surface area contributed by atoms with Crippen molar-refractivity contribution in [2.24, 2.45) is 7.05 Å². The van der Waals surface area contributed by atoms with Crippen LogP contribution in [0.4, 0.5) is 5.69 Å². The topological polar surface area (TPSA) is 7.12 Å². The van der Waals surface area contributed by atoms with Crippen molar-refractivity contribution in [2.75, 3.05) is 19.0 Å². The number of hydrogen-bond acceptors (Lipinski definition) is 1. The van der Waals surface area contributed by atoms with Gasteiger partial charge in [0, 0.05) is 31.9 Å². The molecule has 0 saturated heterocycles. The van der Waals surface area contributed by atoms with E-state index in [1.54, 1.807) is 0 Å². The van der Waals surface area contributed by atoms with Crippen LogP contribution < -0.4 is 9.47 Å². The van der Waals surface area contributed by atoms with Crippen molar-refractivity contribution in [1.82, 2.24) is 0 Å². The van der Waals surface area contributed by atoms with Crippen LogP contribution >= 0.6 is 0 Å². The number of aryl methyl sites for hydroxylation is 1. The number of benzene rings is 1. The van der Waals surface area contributed by atoms with E-state index >= 15 is 0 Å². The third-order valence-corrected chi connectivity index (χ3v) is 2.86. The average Bonchev–Trinajstić information content (AvgIpc) is 2.38. The van der Waals surface area contributed by atoms with Gasteiger partial charge in [-0.3, -0.25) is 0 Å². The zero-order valence-corrected chi connectivity index (χ0v) is 11.2. The molecule has 2 nitrogen and oxygen atoms in total. The molecule has 0 saturated carbocycles. The Morgan fingerprint density at radius 3 is 2.28 bits per heavy atom. The summed E-state index contributed by atoms with van der Waals surface area (Å²) < 4.78 is 2.03. The van der Waals surface area contributed by atoms with E-state index in [0.717, 1.165) is 0 Å². The summed E-state index contributed by atoms with van der Waals surface area (Å²) >= 11 is 0. The predicted octanol–water partition coefficient (Wildman–Crippen LogP) is 2.75. The second-order valence-electron chi connectivity index (χ2n) is 4.62. The molecule has 0 atom stereocenters. The van der Waals surface area contributed by atoms with Crippen molar-refractivity contribution in [2.45, 2.75) is 0 Å². The Bertz CT molecular complexity index is 539. The lowest BCUT2D eigenvalue weighted by atomic mass is 10.1. The molecule has 92 valence electrons. The first-order valence-corrected chi connectivity index (χ1v) is 6.06. The first kappa shape index (κ1) is 12.4. The smallest absolute Gasteiger partial charge is 0.169 e. The molecule has 2 heteroatoms. The van der Waals surface area contributed by atoms with Crippen LogP contribution in [-0.4, -0.2) is 14.1 Å². The summed E-state index contributed by atoms with van der Waals surface area (Å²) in [6.07, 6.45) is 8.38. The van der Waals surface area contributed by atoms with Crippen LogP contribution in [0.1, 0.15) is 11.1 Å². The molecule has 0 spiro atoms. The highest BCUT2D eigenvalue weighted by Gasteiger charge is 1.95. The van der Waals surface area contributed by atoms with Gasteiger partial charge in [-0.05, 0) is 23.3 Å². The molecule has 0 unspecified atom stereocenters. The summed E-state index contributed by atoms with van der Waals surface area (Å²) in [6, 6.07) is 12.7. The van der Waals surface area contributed by atoms with E-state index in [9.17, 15) is 0 Å². The van der Waals surface area contributed by atoms with Crippen molar-refractivity contribution >= 4 is 17.8 Å². The van der Waals surface area contributed by atoms with Crippen molar-refractivity contribution < 1.29 is 4.57 Å². The first-order chi connectivity index (χ1) is 8.65. The summed E-state index contributed by atoms with van der Waals surface area (Å²) in [5, 5.41) is 0. The van der Waals surface area contributed by atoms with Gasteiger partial charge in [-0.2, -0.15) is 0 Å². The van der Waals surface area contributed by atoms with Crippen LogP contribution in [0.2, 0.25) is 0 Å². The molecule has 0 fully saturated rings. The molecular formula is C16H19N2+. The van der Waals surface area contributed by atoms with Gasteiger partial charge in [0.05, 0.1) is 0 Å². The standard InChI is InChI=1S/C16H19N2/c1-17(2)16-6-4-5-15(13-16)8-7-14-9-11-18(3)12-10-14/h4-13H,1-3H3/q+1/b8-7+. The van der Waals surface area contributed by atoms with Crippen LogP contribution in [0.15, 0.2) is 48.8 Å². The molecular weight excluding hydrogens is 220 g/mol. The minimum absolute atomic E-state index is 1.21. The average molecular weight is 239 g/mol. The maximum absolute atomic E-state index is 2.18. The molecule has 1 heterocycles. The Hall–Kier alpha value is -2.09. The minimum atomic E-state index is 1.21. The molecule has 0 N–H and O–H groups in total. The van der Waals surface area contributed by atoms with Crippen LogP contribution in [0.5, 0.6) is 0 Å². The number of anilines is 1. The van der Waals surface area contributed by atoms with Crippen molar-refractivity contribution in [3.63, 3.8) is 0 Å². The molecule has 1 aromatic carbocycles. The first-order valence-electron chi connectivity index (χ1n) is 6.06. The molecule has 0 aliphatic rings. The van der Waals surface area contributed by atoms with Gasteiger partial charge < -0.3 is 4.90 Å². The molecule has 0 aliphatic carbocycles. The monoisotopic (exact) mass is 239 g/mol. The number of aromatic nitrogens is 1. The number of rotatable bonds is 3. The number of nitrogens with zero attached hydrogens (tertiary/aromatic N) is 2. The van der Waals surface area contributed by atoms with E-state index in [0.29, 0.717) is 0 Å². The fourth-order valence-corrected chi connectivity index (χ4v) is 1.72. The fraction of sp³-hybridized carbons (Fsp3) is 0.188. The number of hydrogen-bond donors (Lipinski definition) is 0. The highest BCUT2D eigenvalue weighted by molar-refractivity contribution is 5.71. The van der Waals surface area contributed by atoms with Crippen molar-refractivity contribution in [3.05, 3.63) is 59.9 Å². The van der Waals surface area contributed by atoms with Crippen LogP contribution in [0, 0.1) is 0 Å². The summed E-state index contributed by atoms with van der Waals surface area (Å²) in [5.74, 6) is 0. The van der Waals surface area contributed by atoms with Gasteiger partial charge in [0.25, 0.3) is 0 Å². The number of pyridine rings is 1. The summed E-state index contributed by atoms with van der Waals surface area (Å²) in [7, 11) is 6.13. The van der Waals surface area contributed by atoms with Gasteiger partial charge in [0.1, 0.15) is 7.05 Å². The lowest BCUT2D eigenvalue weighted by molar-refractivity contribution is -0.671. The van der Waals surface area contributed by atoms with E-state index in [-0.39, 0.29) is 0 Å². The Kier molecular flexibility index (Phi) is 3.78. The van der Waals surface area contributed by atoms with Crippen molar-refractivity contribution in [1.29, 1.82) is 0 Å². The van der Waals surface area contributed by atoms with Crippen LogP contribution in [-0.2, 0) is 7.05 Å². The lowest BCUT2D eigenvalue weighted by Crippen LogP contribution is -2.25. The van der Waals surface area contributed by atoms with Crippen LogP contribution in [0.25, 0.3) is 12.2 Å². The van der Waals surface area contributed by atoms with Crippen molar-refractivity contribution in [3.8, 4) is 0 Å². The minimum Gasteiger partial charge on any atom is -0.378 e. The largest absolute Gasteiger partial charge is 0.378 e. The Balaban J connectivity index is 2.18. The molecule has 0 amide bonds. The normalized spacial score (nSPS) is 10.8. The van der Waals surface area contributed by atoms with Gasteiger partial charge in [-0.1, -0.05) is 24.3 Å². The SMILES string of the molecule is CN(C)c1cccc(/C=C/c2cc[n+](C)cc2)c1. The quantitative estimate of drug-likeness (QED) is 0.747. The van der Waals surface area contributed by atoms with Gasteiger partial charge in [-0.25, -0.2) is 4.57 Å². The molecule has 1 aromatic heterocycles. The summed E-state index contributed by atoms with van der Waals surface area (Å²) in [5.41, 5.74) is 3.65. The van der Waals surface area contributed by atoms with Gasteiger partial charge in [-0.15, -0.1) is 0 Å². The third-order valence-electron chi connectivity index (χ3n) is 2.86. The molecule has 2 rings (SSSR count). The van der Waals surface area contributed by atoms with Gasteiger partial charge in [0.15, 0.2) is 12.4 Å². The predicted molar refractivity (Wildman–Crippen MR) is 77.3 cm³/mol. The summed E-state index contributed by atoms with van der Waals surface area (Å²) in [4.78, 5) is 2.11. The molecule has 18 heavy (non-hydrogen) atoms. The van der Waals surface area contributed by atoms with Crippen LogP contribution in [0.3, 0.4) is 0 Å². The molecule has 0 radical (unpaired) electrons. The highest BCUT2D eigenvalue weighted by atomic mass is 15.1. The zero-order chi connectivity index (χ0) is 13.0. The highest BCUT2D eigenvalue weighted by Crippen LogP contribution is 2.15. The third kappa shape index (κ3) is 3.20. The lowest BCUT2D eigenvalue weighted by Gasteiger charge is -2.12. The van der Waals surface area contributed by atoms with E-state index in [1.807, 2.05) is 11.6 Å². The van der Waals surface area contributed by atoms with Gasteiger partial charge >= 0.3 is 0 Å². The Morgan fingerprint density at radius 2 is 1.61 bits per heavy atom. The second-order valence-corrected chi connectivity index (χ2v) is 4.62. The fourth-order valence-electron chi connectivity index (χ4n) is 1.72. The Labute approximate surface area is 109 Å². The van der Waals surface area contributed by atoms with E-state index in [1.165, 1.54) is 16.8 Å². The van der Waals surface area contributed by atoms with Gasteiger partial charge in [0.2, 0.25) is 0 Å². The van der Waals surface area contributed by atoms with E-state index in [4.69, 9.17) is 0 Å². The molecule has 0 aliphatic heterocycles.